The van der Waals surface area contributed by atoms with E-state index in [2.05, 4.69) is 22.3 Å². The molecular weight excluding hydrogens is 328 g/mol. The van der Waals surface area contributed by atoms with Gasteiger partial charge in [0.15, 0.2) is 5.78 Å². The molecule has 0 saturated heterocycles. The van der Waals surface area contributed by atoms with E-state index in [0.717, 1.165) is 18.5 Å². The number of ether oxygens (including phenoxy) is 1. The van der Waals surface area contributed by atoms with Gasteiger partial charge in [0.05, 0.1) is 0 Å². The van der Waals surface area contributed by atoms with E-state index in [1.54, 1.807) is 0 Å². The monoisotopic (exact) mass is 356 g/mol. The predicted octanol–water partition coefficient (Wildman–Crippen LogP) is 3.77. The Kier molecular flexibility index (Phi) is 4.01. The second-order valence-electron chi connectivity index (χ2n) is 8.90. The number of nitrogens with zero attached hydrogens (tertiary/aromatic N) is 1. The maximum atomic E-state index is 13.3. The Morgan fingerprint density at radius 1 is 1.15 bits per heavy atom. The van der Waals surface area contributed by atoms with Gasteiger partial charge in [0, 0.05) is 24.2 Å². The summed E-state index contributed by atoms with van der Waals surface area (Å²) in [6.07, 6.45) is 4.23. The number of benzene rings is 1. The lowest BCUT2D eigenvalue weighted by Crippen LogP contribution is -2.48. The van der Waals surface area contributed by atoms with E-state index in [9.17, 15) is 9.59 Å². The lowest BCUT2D eigenvalue weighted by molar-refractivity contribution is -0.123. The smallest absolute Gasteiger partial charge is 0.408 e. The molecule has 5 heteroatoms. The van der Waals surface area contributed by atoms with Gasteiger partial charge in [0.1, 0.15) is 11.1 Å². The maximum Gasteiger partial charge on any atom is 0.408 e. The summed E-state index contributed by atoms with van der Waals surface area (Å²) in [7, 11) is 0. The molecule has 1 heterocycles. The first kappa shape index (κ1) is 17.4. The summed E-state index contributed by atoms with van der Waals surface area (Å²) in [6.45, 7) is 6.41. The molecule has 1 aromatic carbocycles. The lowest BCUT2D eigenvalue weighted by atomic mass is 9.83. The number of amides is 1. The molecule has 2 fully saturated rings. The van der Waals surface area contributed by atoms with E-state index < -0.39 is 17.2 Å². The Bertz CT molecular complexity index is 729. The minimum absolute atomic E-state index is 0.140. The Morgan fingerprint density at radius 3 is 2.46 bits per heavy atom. The van der Waals surface area contributed by atoms with Crippen molar-refractivity contribution in [2.24, 2.45) is 0 Å². The van der Waals surface area contributed by atoms with Crippen molar-refractivity contribution in [2.45, 2.75) is 76.0 Å². The predicted molar refractivity (Wildman–Crippen MR) is 101 cm³/mol. The minimum atomic E-state index is -0.734. The molecule has 0 bridgehead atoms. The maximum absolute atomic E-state index is 13.3. The molecule has 1 N–H and O–H groups in total. The summed E-state index contributed by atoms with van der Waals surface area (Å²) in [4.78, 5) is 28.0. The van der Waals surface area contributed by atoms with Gasteiger partial charge in [-0.15, -0.1) is 0 Å². The molecule has 0 aromatic heterocycles. The largest absolute Gasteiger partial charge is 0.444 e. The number of Topliss-reactive ketones (excluding diaryl/α,β-unsaturated/α-hetero) is 1. The number of alkyl carbamates (subject to hydrolysis) is 1. The van der Waals surface area contributed by atoms with Gasteiger partial charge in [-0.2, -0.15) is 0 Å². The highest BCUT2D eigenvalue weighted by Crippen LogP contribution is 2.47. The van der Waals surface area contributed by atoms with E-state index in [4.69, 9.17) is 4.74 Å². The molecule has 3 aliphatic rings. The molecule has 1 aromatic rings. The summed E-state index contributed by atoms with van der Waals surface area (Å²) in [5.41, 5.74) is 1.02. The van der Waals surface area contributed by atoms with Crippen molar-refractivity contribution in [3.8, 4) is 0 Å². The fourth-order valence-electron chi connectivity index (χ4n) is 4.02. The molecule has 1 amide bonds. The number of ketones is 1. The molecule has 26 heavy (non-hydrogen) atoms. The van der Waals surface area contributed by atoms with Crippen LogP contribution in [0.2, 0.25) is 0 Å². The standard InChI is InChI=1S/C21H28N2O3/c1-20(2,3)26-19(25)22-21(11-12-21)18(24)16-10-13-23(14-8-9-14)17-7-5-4-6-15(16)17/h4-7,14,16H,8-13H2,1-3H3,(H,22,25). The first-order chi connectivity index (χ1) is 12.3. The van der Waals surface area contributed by atoms with Crippen molar-refractivity contribution in [3.63, 3.8) is 0 Å². The van der Waals surface area contributed by atoms with Crippen molar-refractivity contribution in [1.29, 1.82) is 0 Å². The number of nitrogens with one attached hydrogen (secondary N) is 1. The second kappa shape index (κ2) is 6.00. The van der Waals surface area contributed by atoms with Gasteiger partial charge in [0.2, 0.25) is 0 Å². The van der Waals surface area contributed by atoms with Gasteiger partial charge in [-0.3, -0.25) is 4.79 Å². The van der Waals surface area contributed by atoms with Crippen LogP contribution >= 0.6 is 0 Å². The molecule has 2 aliphatic carbocycles. The Hall–Kier alpha value is -2.04. The van der Waals surface area contributed by atoms with Crippen LogP contribution in [0, 0.1) is 0 Å². The molecule has 1 aliphatic heterocycles. The zero-order valence-corrected chi connectivity index (χ0v) is 15.9. The quantitative estimate of drug-likeness (QED) is 0.892. The van der Waals surface area contributed by atoms with Crippen LogP contribution in [0.3, 0.4) is 0 Å². The first-order valence-electron chi connectivity index (χ1n) is 9.70. The molecule has 140 valence electrons. The van der Waals surface area contributed by atoms with Crippen molar-refractivity contribution in [1.82, 2.24) is 5.32 Å². The number of para-hydroxylation sites is 1. The Labute approximate surface area is 155 Å². The Morgan fingerprint density at radius 2 is 1.85 bits per heavy atom. The zero-order chi connectivity index (χ0) is 18.5. The summed E-state index contributed by atoms with van der Waals surface area (Å²) in [5.74, 6) is 0.00453. The van der Waals surface area contributed by atoms with Crippen molar-refractivity contribution < 1.29 is 14.3 Å². The van der Waals surface area contributed by atoms with E-state index in [-0.39, 0.29) is 11.7 Å². The van der Waals surface area contributed by atoms with E-state index in [0.29, 0.717) is 18.9 Å². The van der Waals surface area contributed by atoms with E-state index in [1.165, 1.54) is 18.5 Å². The van der Waals surface area contributed by atoms with E-state index in [1.807, 2.05) is 32.9 Å². The second-order valence-corrected chi connectivity index (χ2v) is 8.90. The molecular formula is C21H28N2O3. The summed E-state index contributed by atoms with van der Waals surface area (Å²) in [6, 6.07) is 8.91. The highest BCUT2D eigenvalue weighted by Gasteiger charge is 2.54. The average Bonchev–Trinajstić information content (AvgIpc) is 3.46. The topological polar surface area (TPSA) is 58.6 Å². The molecule has 5 nitrogen and oxygen atoms in total. The zero-order valence-electron chi connectivity index (χ0n) is 15.9. The van der Waals surface area contributed by atoms with Crippen LogP contribution in [0.5, 0.6) is 0 Å². The van der Waals surface area contributed by atoms with Gasteiger partial charge in [-0.25, -0.2) is 4.79 Å². The molecule has 1 unspecified atom stereocenters. The van der Waals surface area contributed by atoms with Gasteiger partial charge < -0.3 is 15.0 Å². The lowest BCUT2D eigenvalue weighted by Gasteiger charge is -2.36. The third-order valence-corrected chi connectivity index (χ3v) is 5.55. The van der Waals surface area contributed by atoms with Crippen molar-refractivity contribution in [3.05, 3.63) is 29.8 Å². The fraction of sp³-hybridized carbons (Fsp3) is 0.619. The van der Waals surface area contributed by atoms with Gasteiger partial charge in [-0.05, 0) is 64.5 Å². The minimum Gasteiger partial charge on any atom is -0.444 e. The molecule has 4 rings (SSSR count). The third kappa shape index (κ3) is 3.31. The van der Waals surface area contributed by atoms with Crippen LogP contribution in [-0.4, -0.2) is 35.6 Å². The fourth-order valence-corrected chi connectivity index (χ4v) is 4.02. The normalized spacial score (nSPS) is 23.8. The first-order valence-corrected chi connectivity index (χ1v) is 9.70. The van der Waals surface area contributed by atoms with Gasteiger partial charge in [0.25, 0.3) is 0 Å². The highest BCUT2D eigenvalue weighted by atomic mass is 16.6. The Balaban J connectivity index is 1.53. The van der Waals surface area contributed by atoms with Crippen LogP contribution in [-0.2, 0) is 9.53 Å². The number of fused-ring (bicyclic) bond motifs is 1. The average molecular weight is 356 g/mol. The van der Waals surface area contributed by atoms with E-state index >= 15 is 0 Å². The number of carbonyl (C=O) groups excluding carboxylic acids is 2. The van der Waals surface area contributed by atoms with Gasteiger partial charge in [-0.1, -0.05) is 18.2 Å². The number of rotatable bonds is 4. The van der Waals surface area contributed by atoms with Crippen molar-refractivity contribution >= 4 is 17.6 Å². The summed E-state index contributed by atoms with van der Waals surface area (Å²) in [5, 5.41) is 2.87. The molecule has 1 atom stereocenters. The van der Waals surface area contributed by atoms with Crippen LogP contribution in [0.25, 0.3) is 0 Å². The number of hydrogen-bond acceptors (Lipinski definition) is 4. The molecule has 0 spiro atoms. The molecule has 0 radical (unpaired) electrons. The highest BCUT2D eigenvalue weighted by molar-refractivity contribution is 6.00. The summed E-state index contributed by atoms with van der Waals surface area (Å²) < 4.78 is 5.37. The molecule has 2 saturated carbocycles. The summed E-state index contributed by atoms with van der Waals surface area (Å²) >= 11 is 0. The van der Waals surface area contributed by atoms with Gasteiger partial charge >= 0.3 is 6.09 Å². The van der Waals surface area contributed by atoms with Crippen LogP contribution in [0.1, 0.15) is 64.4 Å². The SMILES string of the molecule is CC(C)(C)OC(=O)NC1(C(=O)C2CCN(C3CC3)c3ccccc32)CC1. The van der Waals surface area contributed by atoms with Crippen molar-refractivity contribution in [2.75, 3.05) is 11.4 Å². The number of anilines is 1. The number of carbonyl (C=O) groups is 2. The third-order valence-electron chi connectivity index (χ3n) is 5.55. The van der Waals surface area contributed by atoms with Crippen LogP contribution < -0.4 is 10.2 Å². The van der Waals surface area contributed by atoms with Crippen LogP contribution in [0.4, 0.5) is 10.5 Å². The number of hydrogen-bond donors (Lipinski definition) is 1. The van der Waals surface area contributed by atoms with Crippen LogP contribution in [0.15, 0.2) is 24.3 Å².